The molecular weight excluding hydrogens is 160 g/mol. The van der Waals surface area contributed by atoms with Gasteiger partial charge in [0, 0.05) is 29.2 Å². The highest BCUT2D eigenvalue weighted by Crippen LogP contribution is 2.14. The molecule has 13 heavy (non-hydrogen) atoms. The Bertz CT molecular complexity index is 334. The molecule has 0 aromatic carbocycles. The van der Waals surface area contributed by atoms with Gasteiger partial charge in [0.2, 0.25) is 0 Å². The van der Waals surface area contributed by atoms with Crippen LogP contribution in [-0.4, -0.2) is 11.7 Å². The molecule has 0 saturated heterocycles. The smallest absolute Gasteiger partial charge is 0.0373 e. The molecule has 0 aliphatic rings. The average Bonchev–Trinajstić information content (AvgIpc) is 2.16. The Hall–Kier alpha value is -1.70. The number of pyridine rings is 1. The summed E-state index contributed by atoms with van der Waals surface area (Å²) in [5.41, 5.74) is 2.94. The molecule has 0 amide bonds. The maximum Gasteiger partial charge on any atom is 0.0373 e. The molecule has 0 fully saturated rings. The monoisotopic (exact) mass is 172 g/mol. The molecule has 0 bridgehead atoms. The molecule has 1 rings (SSSR count). The summed E-state index contributed by atoms with van der Waals surface area (Å²) >= 11 is 0. The lowest BCUT2D eigenvalue weighted by molar-refractivity contribution is 1.19. The first-order valence-electron chi connectivity index (χ1n) is 3.99. The van der Waals surface area contributed by atoms with Crippen molar-refractivity contribution in [3.05, 3.63) is 48.4 Å². The second-order valence-corrected chi connectivity index (χ2v) is 2.66. The molecular formula is C11H12N2. The van der Waals surface area contributed by atoms with Gasteiger partial charge in [0.1, 0.15) is 0 Å². The Morgan fingerprint density at radius 3 is 2.77 bits per heavy atom. The minimum atomic E-state index is 0.933. The van der Waals surface area contributed by atoms with Gasteiger partial charge in [0.25, 0.3) is 0 Å². The summed E-state index contributed by atoms with van der Waals surface area (Å²) in [7, 11) is 0. The zero-order valence-electron chi connectivity index (χ0n) is 7.70. The SMILES string of the molecule is C=C/C(=C\N=C)c1ccc(C)nc1. The molecule has 2 heteroatoms. The van der Waals surface area contributed by atoms with E-state index in [1.54, 1.807) is 18.5 Å². The maximum absolute atomic E-state index is 4.18. The van der Waals surface area contributed by atoms with Gasteiger partial charge in [-0.15, -0.1) is 0 Å². The predicted molar refractivity (Wildman–Crippen MR) is 56.7 cm³/mol. The highest BCUT2D eigenvalue weighted by Gasteiger charge is 1.96. The van der Waals surface area contributed by atoms with E-state index in [2.05, 4.69) is 23.3 Å². The van der Waals surface area contributed by atoms with Crippen LogP contribution in [0.1, 0.15) is 11.3 Å². The van der Waals surface area contributed by atoms with Gasteiger partial charge in [0.15, 0.2) is 0 Å². The molecule has 0 radical (unpaired) electrons. The highest BCUT2D eigenvalue weighted by molar-refractivity contribution is 5.73. The van der Waals surface area contributed by atoms with Crippen molar-refractivity contribution in [3.8, 4) is 0 Å². The molecule has 0 spiro atoms. The van der Waals surface area contributed by atoms with Crippen molar-refractivity contribution < 1.29 is 0 Å². The Labute approximate surface area is 78.4 Å². The van der Waals surface area contributed by atoms with Gasteiger partial charge in [-0.1, -0.05) is 18.7 Å². The van der Waals surface area contributed by atoms with Crippen LogP contribution < -0.4 is 0 Å². The summed E-state index contributed by atoms with van der Waals surface area (Å²) in [5, 5.41) is 0. The number of rotatable bonds is 3. The third kappa shape index (κ3) is 2.37. The number of allylic oxidation sites excluding steroid dienone is 2. The van der Waals surface area contributed by atoms with E-state index in [4.69, 9.17) is 0 Å². The molecule has 66 valence electrons. The van der Waals surface area contributed by atoms with E-state index >= 15 is 0 Å². The fourth-order valence-electron chi connectivity index (χ4n) is 0.982. The lowest BCUT2D eigenvalue weighted by Gasteiger charge is -2.00. The van der Waals surface area contributed by atoms with Crippen LogP contribution >= 0.6 is 0 Å². The van der Waals surface area contributed by atoms with E-state index in [1.165, 1.54) is 0 Å². The van der Waals surface area contributed by atoms with Crippen molar-refractivity contribution in [1.29, 1.82) is 0 Å². The maximum atomic E-state index is 4.18. The van der Waals surface area contributed by atoms with Crippen LogP contribution in [0.4, 0.5) is 0 Å². The number of aryl methyl sites for hydroxylation is 1. The van der Waals surface area contributed by atoms with E-state index in [9.17, 15) is 0 Å². The van der Waals surface area contributed by atoms with Gasteiger partial charge in [-0.25, -0.2) is 0 Å². The lowest BCUT2D eigenvalue weighted by atomic mass is 10.1. The van der Waals surface area contributed by atoms with Crippen LogP contribution in [0.15, 0.2) is 42.2 Å². The minimum absolute atomic E-state index is 0.933. The van der Waals surface area contributed by atoms with Gasteiger partial charge in [0.05, 0.1) is 0 Å². The number of hydrogen-bond donors (Lipinski definition) is 0. The molecule has 0 unspecified atom stereocenters. The second kappa shape index (κ2) is 4.36. The first kappa shape index (κ1) is 9.39. The Morgan fingerprint density at radius 1 is 1.54 bits per heavy atom. The number of hydrogen-bond acceptors (Lipinski definition) is 2. The summed E-state index contributed by atoms with van der Waals surface area (Å²) in [4.78, 5) is 7.87. The van der Waals surface area contributed by atoms with Gasteiger partial charge >= 0.3 is 0 Å². The van der Waals surface area contributed by atoms with Crippen LogP contribution in [0.2, 0.25) is 0 Å². The molecule has 0 aliphatic carbocycles. The number of nitrogens with zero attached hydrogens (tertiary/aromatic N) is 2. The fraction of sp³-hybridized carbons (Fsp3) is 0.0909. The van der Waals surface area contributed by atoms with Crippen molar-refractivity contribution >= 4 is 12.3 Å². The quantitative estimate of drug-likeness (QED) is 0.508. The van der Waals surface area contributed by atoms with Gasteiger partial charge in [-0.05, 0) is 19.7 Å². The van der Waals surface area contributed by atoms with E-state index in [1.807, 2.05) is 19.1 Å². The van der Waals surface area contributed by atoms with Crippen LogP contribution in [0.3, 0.4) is 0 Å². The summed E-state index contributed by atoms with van der Waals surface area (Å²) in [6, 6.07) is 3.94. The first-order valence-corrected chi connectivity index (χ1v) is 3.99. The summed E-state index contributed by atoms with van der Waals surface area (Å²) in [6.45, 7) is 9.04. The van der Waals surface area contributed by atoms with Crippen molar-refractivity contribution in [2.75, 3.05) is 0 Å². The van der Waals surface area contributed by atoms with Crippen LogP contribution in [0.25, 0.3) is 5.57 Å². The van der Waals surface area contributed by atoms with Crippen molar-refractivity contribution in [2.45, 2.75) is 6.92 Å². The van der Waals surface area contributed by atoms with Crippen LogP contribution in [0.5, 0.6) is 0 Å². The molecule has 0 saturated carbocycles. The largest absolute Gasteiger partial charge is 0.272 e. The van der Waals surface area contributed by atoms with Crippen molar-refractivity contribution in [3.63, 3.8) is 0 Å². The minimum Gasteiger partial charge on any atom is -0.272 e. The van der Waals surface area contributed by atoms with Crippen LogP contribution in [-0.2, 0) is 0 Å². The van der Waals surface area contributed by atoms with Crippen molar-refractivity contribution in [2.24, 2.45) is 4.99 Å². The van der Waals surface area contributed by atoms with E-state index in [-0.39, 0.29) is 0 Å². The zero-order valence-corrected chi connectivity index (χ0v) is 7.70. The number of aliphatic imine (C=N–C) groups is 1. The molecule has 0 N–H and O–H groups in total. The third-order valence-electron chi connectivity index (χ3n) is 1.69. The van der Waals surface area contributed by atoms with E-state index in [0.29, 0.717) is 0 Å². The van der Waals surface area contributed by atoms with Gasteiger partial charge in [-0.2, -0.15) is 0 Å². The lowest BCUT2D eigenvalue weighted by Crippen LogP contribution is -1.84. The van der Waals surface area contributed by atoms with E-state index < -0.39 is 0 Å². The molecule has 1 heterocycles. The zero-order chi connectivity index (χ0) is 9.68. The summed E-state index contributed by atoms with van der Waals surface area (Å²) < 4.78 is 0. The molecule has 1 aromatic rings. The topological polar surface area (TPSA) is 25.2 Å². The second-order valence-electron chi connectivity index (χ2n) is 2.66. The third-order valence-corrected chi connectivity index (χ3v) is 1.69. The normalized spacial score (nSPS) is 11.0. The summed E-state index contributed by atoms with van der Waals surface area (Å²) in [6.07, 6.45) is 5.20. The molecule has 0 atom stereocenters. The Kier molecular flexibility index (Phi) is 3.15. The molecule has 1 aromatic heterocycles. The Balaban J connectivity index is 3.06. The molecule has 2 nitrogen and oxygen atoms in total. The van der Waals surface area contributed by atoms with Gasteiger partial charge in [-0.3, -0.25) is 9.98 Å². The standard InChI is InChI=1S/C11H12N2/c1-4-10(7-12-3)11-6-5-9(2)13-8-11/h4-8H,1,3H2,2H3/b10-7+. The van der Waals surface area contributed by atoms with E-state index in [0.717, 1.165) is 16.8 Å². The Morgan fingerprint density at radius 2 is 2.31 bits per heavy atom. The van der Waals surface area contributed by atoms with Crippen molar-refractivity contribution in [1.82, 2.24) is 4.98 Å². The molecule has 0 aliphatic heterocycles. The summed E-state index contributed by atoms with van der Waals surface area (Å²) in [5.74, 6) is 0. The van der Waals surface area contributed by atoms with Crippen LogP contribution in [0, 0.1) is 6.92 Å². The number of aromatic nitrogens is 1. The first-order chi connectivity index (χ1) is 6.27. The fourth-order valence-corrected chi connectivity index (χ4v) is 0.982. The van der Waals surface area contributed by atoms with Gasteiger partial charge < -0.3 is 0 Å². The highest BCUT2D eigenvalue weighted by atomic mass is 14.7. The predicted octanol–water partition coefficient (Wildman–Crippen LogP) is 2.62. The average molecular weight is 172 g/mol.